The molecule has 2 atom stereocenters. The Balaban J connectivity index is 1.72. The first-order chi connectivity index (χ1) is 19.3. The standard InChI is InChI=1S/C29H33N3O8/c1-3-13-39-25(34)17-30-28(36)26(22-14-20-11-7-8-12-21(20)15-22)32-27(35)23(16-24(33)38-2)31-29(37)40-18-19-9-5-4-6-10-19/h3-12,22-23,26H,1,13-18H2,2H3,(H,30,36)(H,31,37)(H,32,35)/t23-,26-/m0/s1. The Hall–Kier alpha value is -4.67. The molecule has 0 spiro atoms. The lowest BCUT2D eigenvalue weighted by Gasteiger charge is -2.26. The zero-order chi connectivity index (χ0) is 28.9. The molecule has 212 valence electrons. The lowest BCUT2D eigenvalue weighted by atomic mass is 9.95. The van der Waals surface area contributed by atoms with E-state index in [0.717, 1.165) is 23.8 Å². The van der Waals surface area contributed by atoms with E-state index in [4.69, 9.17) is 9.47 Å². The van der Waals surface area contributed by atoms with Gasteiger partial charge in [0.25, 0.3) is 0 Å². The van der Waals surface area contributed by atoms with E-state index in [1.807, 2.05) is 30.3 Å². The highest BCUT2D eigenvalue weighted by Crippen LogP contribution is 2.29. The number of rotatable bonds is 13. The van der Waals surface area contributed by atoms with Crippen LogP contribution in [0.1, 0.15) is 23.1 Å². The number of hydrogen-bond acceptors (Lipinski definition) is 8. The van der Waals surface area contributed by atoms with Gasteiger partial charge in [-0.1, -0.05) is 67.3 Å². The number of amides is 3. The van der Waals surface area contributed by atoms with Crippen LogP contribution in [0.2, 0.25) is 0 Å². The van der Waals surface area contributed by atoms with Crippen molar-refractivity contribution in [2.24, 2.45) is 5.92 Å². The third-order valence-electron chi connectivity index (χ3n) is 6.32. The van der Waals surface area contributed by atoms with Crippen LogP contribution in [0.15, 0.2) is 67.3 Å². The summed E-state index contributed by atoms with van der Waals surface area (Å²) in [6.07, 6.45) is 0.994. The molecule has 3 rings (SSSR count). The van der Waals surface area contributed by atoms with Gasteiger partial charge in [0.2, 0.25) is 11.8 Å². The molecule has 11 heteroatoms. The summed E-state index contributed by atoms with van der Waals surface area (Å²) in [6, 6.07) is 14.1. The predicted octanol–water partition coefficient (Wildman–Crippen LogP) is 1.59. The maximum absolute atomic E-state index is 13.4. The van der Waals surface area contributed by atoms with E-state index in [2.05, 4.69) is 27.3 Å². The largest absolute Gasteiger partial charge is 0.469 e. The monoisotopic (exact) mass is 551 g/mol. The van der Waals surface area contributed by atoms with Gasteiger partial charge >= 0.3 is 18.0 Å². The van der Waals surface area contributed by atoms with E-state index in [1.165, 1.54) is 6.08 Å². The van der Waals surface area contributed by atoms with Gasteiger partial charge in [-0.2, -0.15) is 0 Å². The molecule has 3 N–H and O–H groups in total. The molecule has 0 saturated heterocycles. The summed E-state index contributed by atoms with van der Waals surface area (Å²) in [6.45, 7) is 3.00. The molecule has 2 aromatic carbocycles. The maximum Gasteiger partial charge on any atom is 0.408 e. The number of esters is 2. The highest BCUT2D eigenvalue weighted by Gasteiger charge is 2.36. The summed E-state index contributed by atoms with van der Waals surface area (Å²) in [4.78, 5) is 63.0. The minimum atomic E-state index is -1.38. The minimum Gasteiger partial charge on any atom is -0.469 e. The van der Waals surface area contributed by atoms with Crippen molar-refractivity contribution >= 4 is 29.8 Å². The Kier molecular flexibility index (Phi) is 11.2. The van der Waals surface area contributed by atoms with E-state index in [9.17, 15) is 24.0 Å². The highest BCUT2D eigenvalue weighted by molar-refractivity contribution is 5.94. The van der Waals surface area contributed by atoms with Gasteiger partial charge in [0, 0.05) is 0 Å². The summed E-state index contributed by atoms with van der Waals surface area (Å²) >= 11 is 0. The Labute approximate surface area is 232 Å². The summed E-state index contributed by atoms with van der Waals surface area (Å²) in [5, 5.41) is 7.56. The number of methoxy groups -OCH3 is 1. The van der Waals surface area contributed by atoms with Crippen molar-refractivity contribution < 1.29 is 38.2 Å². The Morgan fingerprint density at radius 1 is 0.900 bits per heavy atom. The third kappa shape index (κ3) is 8.97. The molecule has 0 bridgehead atoms. The lowest BCUT2D eigenvalue weighted by molar-refractivity contribution is -0.144. The van der Waals surface area contributed by atoms with Crippen molar-refractivity contribution in [2.45, 2.75) is 38.0 Å². The number of ether oxygens (including phenoxy) is 3. The number of hydrogen-bond donors (Lipinski definition) is 3. The average Bonchev–Trinajstić information content (AvgIpc) is 3.40. The SMILES string of the molecule is C=CCOC(=O)CNC(=O)[C@@H](NC(=O)[C@H](CC(=O)OC)NC(=O)OCc1ccccc1)C1Cc2ccccc2C1. The number of fused-ring (bicyclic) bond motifs is 1. The zero-order valence-corrected chi connectivity index (χ0v) is 22.2. The summed E-state index contributed by atoms with van der Waals surface area (Å²) in [5.74, 6) is -3.14. The van der Waals surface area contributed by atoms with E-state index in [0.29, 0.717) is 12.8 Å². The van der Waals surface area contributed by atoms with E-state index >= 15 is 0 Å². The second-order valence-corrected chi connectivity index (χ2v) is 9.15. The first kappa shape index (κ1) is 29.9. The predicted molar refractivity (Wildman–Crippen MR) is 144 cm³/mol. The van der Waals surface area contributed by atoms with Gasteiger partial charge in [0.15, 0.2) is 0 Å². The first-order valence-corrected chi connectivity index (χ1v) is 12.8. The zero-order valence-electron chi connectivity index (χ0n) is 22.2. The molecule has 0 unspecified atom stereocenters. The van der Waals surface area contributed by atoms with Crippen LogP contribution in [0.5, 0.6) is 0 Å². The van der Waals surface area contributed by atoms with E-state index in [1.54, 1.807) is 24.3 Å². The van der Waals surface area contributed by atoms with Crippen LogP contribution in [-0.2, 0) is 52.8 Å². The van der Waals surface area contributed by atoms with E-state index < -0.39 is 54.9 Å². The normalized spacial score (nSPS) is 13.6. The molecule has 0 aromatic heterocycles. The topological polar surface area (TPSA) is 149 Å². The Morgan fingerprint density at radius 2 is 1.55 bits per heavy atom. The molecule has 40 heavy (non-hydrogen) atoms. The average molecular weight is 552 g/mol. The second kappa shape index (κ2) is 15.1. The molecule has 0 saturated carbocycles. The van der Waals surface area contributed by atoms with Gasteiger partial charge in [-0.15, -0.1) is 0 Å². The van der Waals surface area contributed by atoms with Gasteiger partial charge < -0.3 is 30.2 Å². The van der Waals surface area contributed by atoms with Crippen molar-refractivity contribution in [1.82, 2.24) is 16.0 Å². The van der Waals surface area contributed by atoms with Crippen LogP contribution in [0, 0.1) is 5.92 Å². The van der Waals surface area contributed by atoms with Crippen LogP contribution < -0.4 is 16.0 Å². The quantitative estimate of drug-likeness (QED) is 0.193. The molecule has 1 aliphatic carbocycles. The number of benzene rings is 2. The van der Waals surface area contributed by atoms with Crippen molar-refractivity contribution in [3.63, 3.8) is 0 Å². The fourth-order valence-electron chi connectivity index (χ4n) is 4.32. The molecule has 3 amide bonds. The fraction of sp³-hybridized carbons (Fsp3) is 0.345. The molecule has 0 aliphatic heterocycles. The van der Waals surface area contributed by atoms with Crippen LogP contribution in [0.4, 0.5) is 4.79 Å². The third-order valence-corrected chi connectivity index (χ3v) is 6.32. The molecule has 2 aromatic rings. The lowest BCUT2D eigenvalue weighted by Crippen LogP contribution is -2.57. The van der Waals surface area contributed by atoms with Crippen LogP contribution in [0.3, 0.4) is 0 Å². The molecule has 11 nitrogen and oxygen atoms in total. The number of carbonyl (C=O) groups is 5. The smallest absolute Gasteiger partial charge is 0.408 e. The molecular weight excluding hydrogens is 518 g/mol. The molecule has 0 heterocycles. The summed E-state index contributed by atoms with van der Waals surface area (Å²) in [5.41, 5.74) is 2.81. The van der Waals surface area contributed by atoms with Gasteiger partial charge in [-0.25, -0.2) is 4.79 Å². The maximum atomic E-state index is 13.4. The molecule has 0 radical (unpaired) electrons. The number of nitrogens with one attached hydrogen (secondary N) is 3. The Morgan fingerprint density at radius 3 is 2.17 bits per heavy atom. The second-order valence-electron chi connectivity index (χ2n) is 9.15. The van der Waals surface area contributed by atoms with Crippen molar-refractivity contribution in [3.8, 4) is 0 Å². The van der Waals surface area contributed by atoms with Gasteiger partial charge in [0.1, 0.15) is 31.8 Å². The first-order valence-electron chi connectivity index (χ1n) is 12.8. The summed E-state index contributed by atoms with van der Waals surface area (Å²) < 4.78 is 14.8. The molecule has 0 fully saturated rings. The van der Waals surface area contributed by atoms with Gasteiger partial charge in [0.05, 0.1) is 13.5 Å². The molecular formula is C29H33N3O8. The highest BCUT2D eigenvalue weighted by atomic mass is 16.5. The number of carbonyl (C=O) groups excluding carboxylic acids is 5. The molecule has 1 aliphatic rings. The van der Waals surface area contributed by atoms with Crippen LogP contribution in [-0.4, -0.2) is 62.2 Å². The summed E-state index contributed by atoms with van der Waals surface area (Å²) in [7, 11) is 1.16. The van der Waals surface area contributed by atoms with Crippen molar-refractivity contribution in [3.05, 3.63) is 83.9 Å². The fourth-order valence-corrected chi connectivity index (χ4v) is 4.32. The Bertz CT molecular complexity index is 1190. The van der Waals surface area contributed by atoms with Crippen molar-refractivity contribution in [1.29, 1.82) is 0 Å². The number of alkyl carbamates (subject to hydrolysis) is 1. The van der Waals surface area contributed by atoms with E-state index in [-0.39, 0.29) is 19.1 Å². The van der Waals surface area contributed by atoms with Crippen LogP contribution in [0.25, 0.3) is 0 Å². The minimum absolute atomic E-state index is 0.00590. The van der Waals surface area contributed by atoms with Crippen molar-refractivity contribution in [2.75, 3.05) is 20.3 Å². The van der Waals surface area contributed by atoms with Crippen LogP contribution >= 0.6 is 0 Å². The van der Waals surface area contributed by atoms with Gasteiger partial charge in [-0.05, 0) is 35.4 Å². The van der Waals surface area contributed by atoms with Gasteiger partial charge in [-0.3, -0.25) is 19.2 Å².